The number of carbonyl (C=O) groups excluding carboxylic acids is 2. The fourth-order valence-corrected chi connectivity index (χ4v) is 5.23. The number of carbonyl (C=O) groups is 2. The minimum Gasteiger partial charge on any atom is -0.496 e. The molecule has 1 fully saturated rings. The molecule has 1 saturated carbocycles. The molecule has 2 N–H and O–H groups in total. The molecule has 1 aromatic rings. The number of allylic oxidation sites excluding steroid dienone is 1. The van der Waals surface area contributed by atoms with Gasteiger partial charge in [0.05, 0.1) is 12.7 Å². The number of nitrogens with one attached hydrogen (secondary N) is 2. The molecule has 5 nitrogen and oxygen atoms in total. The number of hydrogen-bond acceptors (Lipinski definition) is 3. The maximum Gasteiger partial charge on any atom is 0.255 e. The maximum absolute atomic E-state index is 12.7. The summed E-state index contributed by atoms with van der Waals surface area (Å²) in [6, 6.07) is 7.67. The Kier molecular flexibility index (Phi) is 8.16. The molecule has 2 amide bonds. The zero-order chi connectivity index (χ0) is 22.4. The minimum atomic E-state index is -0.107. The van der Waals surface area contributed by atoms with Crippen molar-refractivity contribution in [1.29, 1.82) is 0 Å². The van der Waals surface area contributed by atoms with E-state index in [2.05, 4.69) is 37.5 Å². The highest BCUT2D eigenvalue weighted by Gasteiger charge is 2.33. The Morgan fingerprint density at radius 1 is 1.16 bits per heavy atom. The lowest BCUT2D eigenvalue weighted by Crippen LogP contribution is -2.39. The van der Waals surface area contributed by atoms with Crippen LogP contribution in [0.15, 0.2) is 35.9 Å². The number of ether oxygens (including phenoxy) is 1. The zero-order valence-corrected chi connectivity index (χ0v) is 19.4. The van der Waals surface area contributed by atoms with Gasteiger partial charge in [-0.1, -0.05) is 50.5 Å². The van der Waals surface area contributed by atoms with Gasteiger partial charge in [0.15, 0.2) is 0 Å². The van der Waals surface area contributed by atoms with E-state index in [1.54, 1.807) is 19.2 Å². The van der Waals surface area contributed by atoms with Crippen molar-refractivity contribution in [1.82, 2.24) is 10.6 Å². The molecule has 0 unspecified atom stereocenters. The van der Waals surface area contributed by atoms with Gasteiger partial charge in [0.1, 0.15) is 5.75 Å². The third-order valence-corrected chi connectivity index (χ3v) is 7.09. The van der Waals surface area contributed by atoms with E-state index in [1.807, 2.05) is 12.1 Å². The number of benzene rings is 1. The van der Waals surface area contributed by atoms with E-state index >= 15 is 0 Å². The first-order chi connectivity index (χ1) is 14.9. The molecule has 5 heteroatoms. The lowest BCUT2D eigenvalue weighted by atomic mass is 9.69. The number of amides is 2. The summed E-state index contributed by atoms with van der Waals surface area (Å²) >= 11 is 0. The highest BCUT2D eigenvalue weighted by Crippen LogP contribution is 2.39. The lowest BCUT2D eigenvalue weighted by molar-refractivity contribution is -0.122. The van der Waals surface area contributed by atoms with Crippen molar-refractivity contribution in [2.45, 2.75) is 65.3 Å². The first-order valence-corrected chi connectivity index (χ1v) is 11.8. The van der Waals surface area contributed by atoms with E-state index in [9.17, 15) is 9.59 Å². The number of para-hydroxylation sites is 1. The van der Waals surface area contributed by atoms with Gasteiger partial charge in [-0.2, -0.15) is 0 Å². The minimum absolute atomic E-state index is 0.107. The third-order valence-electron chi connectivity index (χ3n) is 7.09. The van der Waals surface area contributed by atoms with Gasteiger partial charge >= 0.3 is 0 Å². The second-order valence-corrected chi connectivity index (χ2v) is 9.58. The van der Waals surface area contributed by atoms with Crippen molar-refractivity contribution in [3.8, 4) is 5.75 Å². The molecule has 3 rings (SSSR count). The predicted molar refractivity (Wildman–Crippen MR) is 124 cm³/mol. The molecule has 0 spiro atoms. The molecule has 0 aliphatic heterocycles. The summed E-state index contributed by atoms with van der Waals surface area (Å²) in [6.45, 7) is 7.21. The maximum atomic E-state index is 12.7. The van der Waals surface area contributed by atoms with Gasteiger partial charge < -0.3 is 15.4 Å². The van der Waals surface area contributed by atoms with Gasteiger partial charge in [-0.25, -0.2) is 0 Å². The molecule has 0 radical (unpaired) electrons. The second-order valence-electron chi connectivity index (χ2n) is 9.58. The normalized spacial score (nSPS) is 24.0. The van der Waals surface area contributed by atoms with Crippen LogP contribution in [0.4, 0.5) is 0 Å². The van der Waals surface area contributed by atoms with Crippen molar-refractivity contribution < 1.29 is 14.3 Å². The Morgan fingerprint density at radius 3 is 2.55 bits per heavy atom. The molecule has 0 aromatic heterocycles. The van der Waals surface area contributed by atoms with E-state index in [-0.39, 0.29) is 23.7 Å². The van der Waals surface area contributed by atoms with Crippen LogP contribution in [-0.2, 0) is 4.79 Å². The molecule has 1 aromatic carbocycles. The average Bonchev–Trinajstić information content (AvgIpc) is 3.26. The number of methoxy groups -OCH3 is 1. The molecule has 0 saturated heterocycles. The standard InChI is InChI=1S/C26H38N2O3/c1-17(2)23-14-19(15-25(29)28-21-9-5-6-10-21)18(3)13-20(23)16-27-26(30)22-11-7-8-12-24(22)31-4/h7-8,11-13,17,19-21,23H,5-6,9-10,14-16H2,1-4H3,(H,27,30)(H,28,29)/t19-,20-,23-/m0/s1. The Balaban J connectivity index is 1.62. The van der Waals surface area contributed by atoms with Crippen LogP contribution in [0.3, 0.4) is 0 Å². The van der Waals surface area contributed by atoms with Crippen molar-refractivity contribution in [2.75, 3.05) is 13.7 Å². The highest BCUT2D eigenvalue weighted by atomic mass is 16.5. The summed E-state index contributed by atoms with van der Waals surface area (Å²) < 4.78 is 5.32. The zero-order valence-electron chi connectivity index (χ0n) is 19.4. The predicted octanol–water partition coefficient (Wildman–Crippen LogP) is 4.73. The lowest BCUT2D eigenvalue weighted by Gasteiger charge is -2.37. The van der Waals surface area contributed by atoms with Crippen molar-refractivity contribution in [3.05, 3.63) is 41.5 Å². The van der Waals surface area contributed by atoms with Gasteiger partial charge in [0.2, 0.25) is 5.91 Å². The molecule has 3 atom stereocenters. The van der Waals surface area contributed by atoms with Crippen LogP contribution in [0, 0.1) is 23.7 Å². The van der Waals surface area contributed by atoms with Crippen molar-refractivity contribution in [3.63, 3.8) is 0 Å². The van der Waals surface area contributed by atoms with Crippen LogP contribution < -0.4 is 15.4 Å². The SMILES string of the molecule is COc1ccccc1C(=O)NC[C@@H]1C=C(C)[C@H](CC(=O)NC2CCCC2)C[C@H]1C(C)C. The van der Waals surface area contributed by atoms with Gasteiger partial charge in [0, 0.05) is 19.0 Å². The van der Waals surface area contributed by atoms with E-state index in [0.717, 1.165) is 19.3 Å². The first-order valence-electron chi connectivity index (χ1n) is 11.8. The van der Waals surface area contributed by atoms with Crippen LogP contribution in [-0.4, -0.2) is 31.5 Å². The topological polar surface area (TPSA) is 67.4 Å². The summed E-state index contributed by atoms with van der Waals surface area (Å²) in [4.78, 5) is 25.3. The van der Waals surface area contributed by atoms with E-state index in [1.165, 1.54) is 18.4 Å². The van der Waals surface area contributed by atoms with E-state index in [0.29, 0.717) is 42.2 Å². The van der Waals surface area contributed by atoms with E-state index < -0.39 is 0 Å². The van der Waals surface area contributed by atoms with Gasteiger partial charge in [-0.3, -0.25) is 9.59 Å². The van der Waals surface area contributed by atoms with Crippen LogP contribution in [0.1, 0.15) is 69.7 Å². The summed E-state index contributed by atoms with van der Waals surface area (Å²) in [7, 11) is 1.58. The second kappa shape index (κ2) is 10.8. The first kappa shape index (κ1) is 23.4. The monoisotopic (exact) mass is 426 g/mol. The third kappa shape index (κ3) is 6.11. The fraction of sp³-hybridized carbons (Fsp3) is 0.615. The van der Waals surface area contributed by atoms with Crippen molar-refractivity contribution >= 4 is 11.8 Å². The Bertz CT molecular complexity index is 796. The highest BCUT2D eigenvalue weighted by molar-refractivity contribution is 5.96. The van der Waals surface area contributed by atoms with Crippen LogP contribution >= 0.6 is 0 Å². The molecule has 2 aliphatic rings. The average molecular weight is 427 g/mol. The van der Waals surface area contributed by atoms with Gasteiger partial charge in [-0.05, 0) is 62.0 Å². The largest absolute Gasteiger partial charge is 0.496 e. The summed E-state index contributed by atoms with van der Waals surface area (Å²) in [6.07, 6.45) is 8.55. The Labute approximate surface area is 187 Å². The van der Waals surface area contributed by atoms with Gasteiger partial charge in [-0.15, -0.1) is 0 Å². The molecule has 2 aliphatic carbocycles. The smallest absolute Gasteiger partial charge is 0.255 e. The van der Waals surface area contributed by atoms with Crippen molar-refractivity contribution in [2.24, 2.45) is 23.7 Å². The number of rotatable bonds is 8. The molecular formula is C26H38N2O3. The van der Waals surface area contributed by atoms with E-state index in [4.69, 9.17) is 4.74 Å². The molecule has 31 heavy (non-hydrogen) atoms. The molecular weight excluding hydrogens is 388 g/mol. The molecule has 0 heterocycles. The molecule has 170 valence electrons. The van der Waals surface area contributed by atoms with Crippen LogP contribution in [0.25, 0.3) is 0 Å². The quantitative estimate of drug-likeness (QED) is 0.591. The Hall–Kier alpha value is -2.30. The number of hydrogen-bond donors (Lipinski definition) is 2. The van der Waals surface area contributed by atoms with Gasteiger partial charge in [0.25, 0.3) is 5.91 Å². The molecule has 0 bridgehead atoms. The summed E-state index contributed by atoms with van der Waals surface area (Å²) in [5, 5.41) is 6.35. The fourth-order valence-electron chi connectivity index (χ4n) is 5.23. The summed E-state index contributed by atoms with van der Waals surface area (Å²) in [5.74, 6) is 2.15. The summed E-state index contributed by atoms with van der Waals surface area (Å²) in [5.41, 5.74) is 1.83. The Morgan fingerprint density at radius 2 is 1.87 bits per heavy atom. The van der Waals surface area contributed by atoms with Crippen LogP contribution in [0.2, 0.25) is 0 Å². The van der Waals surface area contributed by atoms with Crippen LogP contribution in [0.5, 0.6) is 5.75 Å².